The van der Waals surface area contributed by atoms with Gasteiger partial charge in [0, 0.05) is 25.8 Å². The summed E-state index contributed by atoms with van der Waals surface area (Å²) in [6, 6.07) is 10.8. The fourth-order valence-electron chi connectivity index (χ4n) is 3.84. The first-order chi connectivity index (χ1) is 15.5. The van der Waals surface area contributed by atoms with E-state index in [1.807, 2.05) is 6.92 Å². The van der Waals surface area contributed by atoms with Crippen molar-refractivity contribution < 1.29 is 26.4 Å². The summed E-state index contributed by atoms with van der Waals surface area (Å²) in [4.78, 5) is 13.0. The molecule has 1 saturated heterocycles. The van der Waals surface area contributed by atoms with Gasteiger partial charge in [-0.25, -0.2) is 16.8 Å². The van der Waals surface area contributed by atoms with Gasteiger partial charge in [0.15, 0.2) is 9.84 Å². The average Bonchev–Trinajstić information content (AvgIpc) is 3.33. The molecule has 1 heterocycles. The van der Waals surface area contributed by atoms with E-state index in [0.29, 0.717) is 30.8 Å². The molecule has 3 rings (SSSR count). The summed E-state index contributed by atoms with van der Waals surface area (Å²) in [6.07, 6.45) is 3.33. The van der Waals surface area contributed by atoms with Crippen LogP contribution in [0, 0.1) is 0 Å². The van der Waals surface area contributed by atoms with Crippen LogP contribution in [0.15, 0.2) is 52.3 Å². The lowest BCUT2D eigenvalue weighted by Crippen LogP contribution is -2.28. The lowest BCUT2D eigenvalue weighted by Gasteiger charge is -2.18. The summed E-state index contributed by atoms with van der Waals surface area (Å²) in [7, 11) is -5.33. The number of amides is 1. The number of aryl methyl sites for hydroxylation is 1. The van der Waals surface area contributed by atoms with Gasteiger partial charge in [-0.1, -0.05) is 12.1 Å². The molecular weight excluding hydrogens is 464 g/mol. The van der Waals surface area contributed by atoms with E-state index >= 15 is 0 Å². The van der Waals surface area contributed by atoms with E-state index in [2.05, 4.69) is 5.32 Å². The zero-order valence-corrected chi connectivity index (χ0v) is 20.7. The van der Waals surface area contributed by atoms with E-state index in [1.165, 1.54) is 29.6 Å². The third-order valence-electron chi connectivity index (χ3n) is 5.76. The highest BCUT2D eigenvalue weighted by molar-refractivity contribution is 7.90. The smallest absolute Gasteiger partial charge is 0.243 e. The van der Waals surface area contributed by atoms with E-state index in [1.54, 1.807) is 24.3 Å². The standard InChI is InChI=1S/C23H30N2O6S2/c1-17(18-6-9-20(10-7-18)32(3,27)28)24-23(26)13-8-19-16-21(11-12-22(19)31-2)33(29,30)25-14-4-5-15-25/h6-7,9-12,16-17H,4-5,8,13-15H2,1-3H3,(H,24,26)/t17-/m0/s1. The van der Waals surface area contributed by atoms with Crippen LogP contribution in [0.1, 0.15) is 43.4 Å². The first-order valence-corrected chi connectivity index (χ1v) is 14.1. The van der Waals surface area contributed by atoms with Crippen molar-refractivity contribution in [2.24, 2.45) is 0 Å². The van der Waals surface area contributed by atoms with Crippen molar-refractivity contribution in [3.05, 3.63) is 53.6 Å². The number of nitrogens with zero attached hydrogens (tertiary/aromatic N) is 1. The molecule has 1 aliphatic heterocycles. The van der Waals surface area contributed by atoms with Crippen molar-refractivity contribution in [3.8, 4) is 5.75 Å². The number of sulfonamides is 1. The number of carbonyl (C=O) groups is 1. The molecule has 2 aromatic carbocycles. The monoisotopic (exact) mass is 494 g/mol. The van der Waals surface area contributed by atoms with Crippen molar-refractivity contribution in [3.63, 3.8) is 0 Å². The maximum absolute atomic E-state index is 12.9. The van der Waals surface area contributed by atoms with E-state index in [9.17, 15) is 21.6 Å². The molecule has 0 unspecified atom stereocenters. The lowest BCUT2D eigenvalue weighted by molar-refractivity contribution is -0.121. The van der Waals surface area contributed by atoms with E-state index < -0.39 is 19.9 Å². The molecule has 0 spiro atoms. The number of hydrogen-bond donors (Lipinski definition) is 1. The Morgan fingerprint density at radius 1 is 1.03 bits per heavy atom. The van der Waals surface area contributed by atoms with Gasteiger partial charge >= 0.3 is 0 Å². The summed E-state index contributed by atoms with van der Waals surface area (Å²) >= 11 is 0. The highest BCUT2D eigenvalue weighted by Crippen LogP contribution is 2.27. The Kier molecular flexibility index (Phi) is 7.81. The summed E-state index contributed by atoms with van der Waals surface area (Å²) in [5, 5.41) is 2.90. The molecule has 1 aliphatic rings. The van der Waals surface area contributed by atoms with Crippen molar-refractivity contribution in [2.45, 2.75) is 48.4 Å². The zero-order chi connectivity index (χ0) is 24.2. The number of methoxy groups -OCH3 is 1. The SMILES string of the molecule is COc1ccc(S(=O)(=O)N2CCCC2)cc1CCC(=O)N[C@@H](C)c1ccc(S(C)(=O)=O)cc1. The van der Waals surface area contributed by atoms with Crippen LogP contribution < -0.4 is 10.1 Å². The van der Waals surface area contributed by atoms with Crippen LogP contribution in [0.4, 0.5) is 0 Å². The number of ether oxygens (including phenoxy) is 1. The van der Waals surface area contributed by atoms with Crippen LogP contribution in [0.5, 0.6) is 5.75 Å². The number of hydrogen-bond acceptors (Lipinski definition) is 6. The van der Waals surface area contributed by atoms with Gasteiger partial charge in [-0.15, -0.1) is 0 Å². The lowest BCUT2D eigenvalue weighted by atomic mass is 10.1. The minimum atomic E-state index is -3.56. The second kappa shape index (κ2) is 10.2. The second-order valence-corrected chi connectivity index (χ2v) is 12.2. The second-order valence-electron chi connectivity index (χ2n) is 8.22. The van der Waals surface area contributed by atoms with Gasteiger partial charge in [-0.2, -0.15) is 4.31 Å². The largest absolute Gasteiger partial charge is 0.496 e. The molecule has 10 heteroatoms. The van der Waals surface area contributed by atoms with Crippen molar-refractivity contribution >= 4 is 25.8 Å². The summed E-state index contributed by atoms with van der Waals surface area (Å²) in [6.45, 7) is 2.86. The van der Waals surface area contributed by atoms with Crippen LogP contribution in [0.3, 0.4) is 0 Å². The molecule has 1 atom stereocenters. The topological polar surface area (TPSA) is 110 Å². The van der Waals surface area contributed by atoms with E-state index in [-0.39, 0.29) is 28.2 Å². The van der Waals surface area contributed by atoms with Crippen molar-refractivity contribution in [1.82, 2.24) is 9.62 Å². The Bertz CT molecular complexity index is 1200. The highest BCUT2D eigenvalue weighted by Gasteiger charge is 2.28. The maximum atomic E-state index is 12.9. The van der Waals surface area contributed by atoms with Crippen LogP contribution in [0.25, 0.3) is 0 Å². The predicted molar refractivity (Wildman–Crippen MR) is 125 cm³/mol. The molecule has 8 nitrogen and oxygen atoms in total. The molecule has 0 aromatic heterocycles. The average molecular weight is 495 g/mol. The summed E-state index contributed by atoms with van der Waals surface area (Å²) in [5.74, 6) is 0.331. The molecule has 1 N–H and O–H groups in total. The molecular formula is C23H30N2O6S2. The minimum Gasteiger partial charge on any atom is -0.496 e. The third kappa shape index (κ3) is 6.13. The molecule has 1 amide bonds. The van der Waals surface area contributed by atoms with E-state index in [4.69, 9.17) is 4.74 Å². The number of benzene rings is 2. The Hall–Kier alpha value is -2.43. The summed E-state index contributed by atoms with van der Waals surface area (Å²) < 4.78 is 55.8. The van der Waals surface area contributed by atoms with Gasteiger partial charge in [0.2, 0.25) is 15.9 Å². The third-order valence-corrected chi connectivity index (χ3v) is 8.78. The number of nitrogens with one attached hydrogen (secondary N) is 1. The molecule has 1 fully saturated rings. The fraction of sp³-hybridized carbons (Fsp3) is 0.435. The molecule has 0 bridgehead atoms. The first kappa shape index (κ1) is 25.2. The van der Waals surface area contributed by atoms with Gasteiger partial charge in [-0.05, 0) is 67.6 Å². The molecule has 180 valence electrons. The predicted octanol–water partition coefficient (Wildman–Crippen LogP) is 2.69. The normalized spacial score (nSPS) is 15.8. The van der Waals surface area contributed by atoms with Crippen LogP contribution in [-0.2, 0) is 31.1 Å². The number of sulfone groups is 1. The Morgan fingerprint density at radius 2 is 1.64 bits per heavy atom. The fourth-order valence-corrected chi connectivity index (χ4v) is 6.04. The molecule has 2 aromatic rings. The van der Waals surface area contributed by atoms with Gasteiger partial charge < -0.3 is 10.1 Å². The van der Waals surface area contributed by atoms with Crippen LogP contribution >= 0.6 is 0 Å². The van der Waals surface area contributed by atoms with E-state index in [0.717, 1.165) is 24.7 Å². The highest BCUT2D eigenvalue weighted by atomic mass is 32.2. The van der Waals surface area contributed by atoms with Gasteiger partial charge in [0.25, 0.3) is 0 Å². The maximum Gasteiger partial charge on any atom is 0.243 e. The quantitative estimate of drug-likeness (QED) is 0.574. The Balaban J connectivity index is 1.66. The number of rotatable bonds is 9. The molecule has 0 radical (unpaired) electrons. The van der Waals surface area contributed by atoms with Gasteiger partial charge in [-0.3, -0.25) is 4.79 Å². The Morgan fingerprint density at radius 3 is 2.21 bits per heavy atom. The molecule has 0 aliphatic carbocycles. The molecule has 33 heavy (non-hydrogen) atoms. The van der Waals surface area contributed by atoms with Crippen molar-refractivity contribution in [2.75, 3.05) is 26.5 Å². The van der Waals surface area contributed by atoms with Gasteiger partial charge in [0.1, 0.15) is 5.75 Å². The molecule has 0 saturated carbocycles. The minimum absolute atomic E-state index is 0.148. The van der Waals surface area contributed by atoms with Crippen molar-refractivity contribution in [1.29, 1.82) is 0 Å². The van der Waals surface area contributed by atoms with Crippen LogP contribution in [0.2, 0.25) is 0 Å². The zero-order valence-electron chi connectivity index (χ0n) is 19.1. The first-order valence-electron chi connectivity index (χ1n) is 10.8. The summed E-state index contributed by atoms with van der Waals surface area (Å²) in [5.41, 5.74) is 1.44. The van der Waals surface area contributed by atoms with Gasteiger partial charge in [0.05, 0.1) is 22.9 Å². The number of carbonyl (C=O) groups excluding carboxylic acids is 1. The van der Waals surface area contributed by atoms with Crippen LogP contribution in [-0.4, -0.2) is 53.5 Å². The Labute approximate surface area is 195 Å².